The molecule has 0 saturated carbocycles. The number of aryl methyl sites for hydroxylation is 1. The van der Waals surface area contributed by atoms with E-state index in [1.165, 1.54) is 12.8 Å². The number of aromatic nitrogens is 3. The molecule has 1 aromatic heterocycles. The maximum atomic E-state index is 6.01. The minimum atomic E-state index is 0.653. The number of hydrogen-bond donors (Lipinski definition) is 1. The SMILES string of the molecule is CC1CCCN(C(N)=NCCc2ncn(C)n2)C1. The first kappa shape index (κ1) is 12.9. The van der Waals surface area contributed by atoms with Gasteiger partial charge in [-0.3, -0.25) is 9.67 Å². The third kappa shape index (κ3) is 3.45. The Morgan fingerprint density at radius 3 is 3.11 bits per heavy atom. The molecule has 1 aromatic rings. The van der Waals surface area contributed by atoms with Gasteiger partial charge in [0.1, 0.15) is 6.33 Å². The van der Waals surface area contributed by atoms with Crippen LogP contribution in [0, 0.1) is 5.92 Å². The Bertz CT molecular complexity index is 410. The Labute approximate surface area is 108 Å². The first-order valence-corrected chi connectivity index (χ1v) is 6.54. The molecule has 1 unspecified atom stereocenters. The highest BCUT2D eigenvalue weighted by Gasteiger charge is 2.17. The summed E-state index contributed by atoms with van der Waals surface area (Å²) in [5.41, 5.74) is 6.01. The third-order valence-electron chi connectivity index (χ3n) is 3.24. The lowest BCUT2D eigenvalue weighted by atomic mass is 10.0. The first-order valence-electron chi connectivity index (χ1n) is 6.54. The number of piperidine rings is 1. The fraction of sp³-hybridized carbons (Fsp3) is 0.750. The van der Waals surface area contributed by atoms with Crippen LogP contribution in [0.4, 0.5) is 0 Å². The molecule has 1 aliphatic rings. The quantitative estimate of drug-likeness (QED) is 0.623. The van der Waals surface area contributed by atoms with Crippen molar-refractivity contribution in [3.8, 4) is 0 Å². The van der Waals surface area contributed by atoms with E-state index >= 15 is 0 Å². The van der Waals surface area contributed by atoms with Gasteiger partial charge in [-0.1, -0.05) is 6.92 Å². The molecular formula is C12H22N6. The molecule has 2 rings (SSSR count). The Kier molecular flexibility index (Phi) is 4.17. The van der Waals surface area contributed by atoms with Crippen LogP contribution >= 0.6 is 0 Å². The highest BCUT2D eigenvalue weighted by atomic mass is 15.3. The molecule has 0 aromatic carbocycles. The van der Waals surface area contributed by atoms with Gasteiger partial charge in [-0.25, -0.2) is 4.98 Å². The standard InChI is InChI=1S/C12H22N6/c1-10-4-3-7-18(8-10)12(13)14-6-5-11-15-9-17(2)16-11/h9-10H,3-8H2,1-2H3,(H2,13,14). The van der Waals surface area contributed by atoms with E-state index in [1.54, 1.807) is 11.0 Å². The Morgan fingerprint density at radius 1 is 1.61 bits per heavy atom. The average Bonchev–Trinajstić information content (AvgIpc) is 2.75. The van der Waals surface area contributed by atoms with Gasteiger partial charge in [0, 0.05) is 33.1 Å². The van der Waals surface area contributed by atoms with Gasteiger partial charge >= 0.3 is 0 Å². The summed E-state index contributed by atoms with van der Waals surface area (Å²) in [6, 6.07) is 0. The minimum Gasteiger partial charge on any atom is -0.370 e. The predicted molar refractivity (Wildman–Crippen MR) is 71.2 cm³/mol. The first-order chi connectivity index (χ1) is 8.65. The molecule has 1 fully saturated rings. The fourth-order valence-electron chi connectivity index (χ4n) is 2.27. The van der Waals surface area contributed by atoms with Crippen molar-refractivity contribution in [1.29, 1.82) is 0 Å². The van der Waals surface area contributed by atoms with Crippen LogP contribution in [0.2, 0.25) is 0 Å². The normalized spacial score (nSPS) is 21.3. The lowest BCUT2D eigenvalue weighted by Crippen LogP contribution is -2.43. The molecule has 0 bridgehead atoms. The van der Waals surface area contributed by atoms with Gasteiger partial charge in [-0.2, -0.15) is 5.10 Å². The largest absolute Gasteiger partial charge is 0.370 e. The van der Waals surface area contributed by atoms with E-state index in [0.29, 0.717) is 18.4 Å². The molecule has 0 spiro atoms. The van der Waals surface area contributed by atoms with E-state index in [4.69, 9.17) is 5.73 Å². The van der Waals surface area contributed by atoms with E-state index in [0.717, 1.165) is 25.3 Å². The van der Waals surface area contributed by atoms with Crippen LogP contribution in [-0.2, 0) is 13.5 Å². The van der Waals surface area contributed by atoms with Gasteiger partial charge in [-0.15, -0.1) is 0 Å². The van der Waals surface area contributed by atoms with Crippen molar-refractivity contribution in [2.45, 2.75) is 26.2 Å². The number of nitrogens with zero attached hydrogens (tertiary/aromatic N) is 5. The van der Waals surface area contributed by atoms with Crippen molar-refractivity contribution in [2.24, 2.45) is 23.7 Å². The number of rotatable bonds is 3. The molecule has 1 aliphatic heterocycles. The Balaban J connectivity index is 1.81. The van der Waals surface area contributed by atoms with Crippen LogP contribution in [0.5, 0.6) is 0 Å². The van der Waals surface area contributed by atoms with Crippen molar-refractivity contribution in [3.05, 3.63) is 12.2 Å². The Hall–Kier alpha value is -1.59. The third-order valence-corrected chi connectivity index (χ3v) is 3.24. The molecule has 2 heterocycles. The van der Waals surface area contributed by atoms with E-state index in [2.05, 4.69) is 26.9 Å². The number of nitrogens with two attached hydrogens (primary N) is 1. The zero-order chi connectivity index (χ0) is 13.0. The van der Waals surface area contributed by atoms with E-state index in [-0.39, 0.29) is 0 Å². The zero-order valence-electron chi connectivity index (χ0n) is 11.2. The maximum absolute atomic E-state index is 6.01. The van der Waals surface area contributed by atoms with Gasteiger partial charge < -0.3 is 10.6 Å². The van der Waals surface area contributed by atoms with Crippen LogP contribution in [-0.4, -0.2) is 45.3 Å². The lowest BCUT2D eigenvalue weighted by Gasteiger charge is -2.31. The van der Waals surface area contributed by atoms with Crippen molar-refractivity contribution in [2.75, 3.05) is 19.6 Å². The molecule has 6 nitrogen and oxygen atoms in total. The second-order valence-corrected chi connectivity index (χ2v) is 5.02. The molecule has 0 radical (unpaired) electrons. The van der Waals surface area contributed by atoms with Gasteiger partial charge in [0.05, 0.1) is 0 Å². The number of likely N-dealkylation sites (tertiary alicyclic amines) is 1. The summed E-state index contributed by atoms with van der Waals surface area (Å²) in [6.07, 6.45) is 4.94. The van der Waals surface area contributed by atoms with Crippen LogP contribution in [0.3, 0.4) is 0 Å². The van der Waals surface area contributed by atoms with Gasteiger partial charge in [0.25, 0.3) is 0 Å². The maximum Gasteiger partial charge on any atom is 0.191 e. The highest BCUT2D eigenvalue weighted by molar-refractivity contribution is 5.78. The minimum absolute atomic E-state index is 0.653. The van der Waals surface area contributed by atoms with Crippen molar-refractivity contribution >= 4 is 5.96 Å². The molecule has 18 heavy (non-hydrogen) atoms. The molecule has 6 heteroatoms. The molecule has 0 aliphatic carbocycles. The van der Waals surface area contributed by atoms with Crippen LogP contribution in [0.15, 0.2) is 11.3 Å². The highest BCUT2D eigenvalue weighted by Crippen LogP contribution is 2.14. The summed E-state index contributed by atoms with van der Waals surface area (Å²) in [4.78, 5) is 10.8. The number of aliphatic imine (C=N–C) groups is 1. The molecular weight excluding hydrogens is 228 g/mol. The second-order valence-electron chi connectivity index (χ2n) is 5.02. The fourth-order valence-corrected chi connectivity index (χ4v) is 2.27. The summed E-state index contributed by atoms with van der Waals surface area (Å²) in [5.74, 6) is 2.20. The van der Waals surface area contributed by atoms with E-state index in [1.807, 2.05) is 7.05 Å². The summed E-state index contributed by atoms with van der Waals surface area (Å²) in [6.45, 7) is 4.97. The molecule has 0 amide bonds. The van der Waals surface area contributed by atoms with Crippen LogP contribution in [0.1, 0.15) is 25.6 Å². The summed E-state index contributed by atoms with van der Waals surface area (Å²) < 4.78 is 1.70. The number of guanidine groups is 1. The van der Waals surface area contributed by atoms with Gasteiger partial charge in [0.2, 0.25) is 0 Å². The summed E-state index contributed by atoms with van der Waals surface area (Å²) in [5, 5.41) is 4.21. The molecule has 1 atom stereocenters. The van der Waals surface area contributed by atoms with Crippen LogP contribution < -0.4 is 5.73 Å². The van der Waals surface area contributed by atoms with E-state index < -0.39 is 0 Å². The van der Waals surface area contributed by atoms with Crippen LogP contribution in [0.25, 0.3) is 0 Å². The summed E-state index contributed by atoms with van der Waals surface area (Å²) in [7, 11) is 1.86. The molecule has 1 saturated heterocycles. The summed E-state index contributed by atoms with van der Waals surface area (Å²) >= 11 is 0. The molecule has 2 N–H and O–H groups in total. The lowest BCUT2D eigenvalue weighted by molar-refractivity contribution is 0.270. The van der Waals surface area contributed by atoms with Gasteiger partial charge in [-0.05, 0) is 18.8 Å². The predicted octanol–water partition coefficient (Wildman–Crippen LogP) is 0.404. The molecule has 100 valence electrons. The monoisotopic (exact) mass is 250 g/mol. The van der Waals surface area contributed by atoms with Crippen molar-refractivity contribution < 1.29 is 0 Å². The average molecular weight is 250 g/mol. The van der Waals surface area contributed by atoms with Crippen molar-refractivity contribution in [1.82, 2.24) is 19.7 Å². The number of hydrogen-bond acceptors (Lipinski definition) is 3. The topological polar surface area (TPSA) is 72.3 Å². The van der Waals surface area contributed by atoms with Crippen molar-refractivity contribution in [3.63, 3.8) is 0 Å². The van der Waals surface area contributed by atoms with E-state index in [9.17, 15) is 0 Å². The zero-order valence-corrected chi connectivity index (χ0v) is 11.2. The Morgan fingerprint density at radius 2 is 2.44 bits per heavy atom. The second kappa shape index (κ2) is 5.84. The van der Waals surface area contributed by atoms with Gasteiger partial charge in [0.15, 0.2) is 11.8 Å². The smallest absolute Gasteiger partial charge is 0.191 e.